The van der Waals surface area contributed by atoms with Crippen LogP contribution in [0.3, 0.4) is 0 Å². The second kappa shape index (κ2) is 6.29. The molecular formula is C10H15N3O3S. The van der Waals surface area contributed by atoms with Gasteiger partial charge in [0.15, 0.2) is 5.69 Å². The molecule has 1 atom stereocenters. The average molecular weight is 257 g/mol. The van der Waals surface area contributed by atoms with Crippen molar-refractivity contribution in [1.82, 2.24) is 14.9 Å². The van der Waals surface area contributed by atoms with E-state index in [4.69, 9.17) is 5.11 Å². The van der Waals surface area contributed by atoms with Crippen LogP contribution >= 0.6 is 11.5 Å². The Morgan fingerprint density at radius 1 is 1.53 bits per heavy atom. The van der Waals surface area contributed by atoms with E-state index in [1.807, 2.05) is 13.8 Å². The molecule has 0 saturated heterocycles. The highest BCUT2D eigenvalue weighted by Gasteiger charge is 2.20. The van der Waals surface area contributed by atoms with Crippen LogP contribution in [0.4, 0.5) is 0 Å². The topological polar surface area (TPSA) is 92.2 Å². The summed E-state index contributed by atoms with van der Waals surface area (Å²) in [5.74, 6) is -1.57. The molecule has 0 spiro atoms. The van der Waals surface area contributed by atoms with Crippen LogP contribution < -0.4 is 5.32 Å². The number of hydrogen-bond acceptors (Lipinski definition) is 5. The third-order valence-corrected chi connectivity index (χ3v) is 2.71. The summed E-state index contributed by atoms with van der Waals surface area (Å²) in [5, 5.41) is 16.7. The number of nitrogens with zero attached hydrogens (tertiary/aromatic N) is 2. The van der Waals surface area contributed by atoms with Gasteiger partial charge in [-0.3, -0.25) is 9.59 Å². The van der Waals surface area contributed by atoms with Crippen molar-refractivity contribution in [3.63, 3.8) is 0 Å². The van der Waals surface area contributed by atoms with Crippen molar-refractivity contribution in [2.24, 2.45) is 11.8 Å². The Kier molecular flexibility index (Phi) is 5.02. The largest absolute Gasteiger partial charge is 0.481 e. The summed E-state index contributed by atoms with van der Waals surface area (Å²) in [4.78, 5) is 22.5. The number of aromatic nitrogens is 2. The molecule has 1 unspecified atom stereocenters. The number of hydrogen-bond donors (Lipinski definition) is 2. The van der Waals surface area contributed by atoms with Crippen LogP contribution in [0.2, 0.25) is 0 Å². The van der Waals surface area contributed by atoms with Gasteiger partial charge in [-0.15, -0.1) is 5.10 Å². The third kappa shape index (κ3) is 4.48. The quantitative estimate of drug-likeness (QED) is 0.793. The molecule has 0 aromatic carbocycles. The Morgan fingerprint density at radius 3 is 2.71 bits per heavy atom. The van der Waals surface area contributed by atoms with Crippen molar-refractivity contribution < 1.29 is 14.7 Å². The van der Waals surface area contributed by atoms with Crippen molar-refractivity contribution >= 4 is 23.4 Å². The molecule has 1 aromatic heterocycles. The van der Waals surface area contributed by atoms with Crippen LogP contribution in [-0.2, 0) is 4.79 Å². The van der Waals surface area contributed by atoms with Gasteiger partial charge in [0.25, 0.3) is 5.91 Å². The molecule has 0 saturated carbocycles. The van der Waals surface area contributed by atoms with Gasteiger partial charge in [-0.2, -0.15) is 0 Å². The van der Waals surface area contributed by atoms with Crippen LogP contribution in [0.15, 0.2) is 5.38 Å². The van der Waals surface area contributed by atoms with Gasteiger partial charge >= 0.3 is 5.97 Å². The lowest BCUT2D eigenvalue weighted by atomic mass is 9.97. The van der Waals surface area contributed by atoms with E-state index in [1.165, 1.54) is 5.38 Å². The van der Waals surface area contributed by atoms with Gasteiger partial charge in [0, 0.05) is 11.9 Å². The average Bonchev–Trinajstić information content (AvgIpc) is 2.76. The van der Waals surface area contributed by atoms with Crippen LogP contribution in [0.25, 0.3) is 0 Å². The molecule has 0 fully saturated rings. The molecule has 2 N–H and O–H groups in total. The highest BCUT2D eigenvalue weighted by Crippen LogP contribution is 2.11. The molecule has 6 nitrogen and oxygen atoms in total. The van der Waals surface area contributed by atoms with Gasteiger partial charge in [-0.1, -0.05) is 18.3 Å². The molecule has 17 heavy (non-hydrogen) atoms. The van der Waals surface area contributed by atoms with Crippen molar-refractivity contribution in [1.29, 1.82) is 0 Å². The summed E-state index contributed by atoms with van der Waals surface area (Å²) >= 11 is 1.08. The van der Waals surface area contributed by atoms with E-state index in [2.05, 4.69) is 14.9 Å². The highest BCUT2D eigenvalue weighted by atomic mass is 32.1. The SMILES string of the molecule is CC(C)CC(CNC(=O)c1csnn1)C(=O)O. The van der Waals surface area contributed by atoms with Gasteiger partial charge < -0.3 is 10.4 Å². The lowest BCUT2D eigenvalue weighted by molar-refractivity contribution is -0.142. The van der Waals surface area contributed by atoms with Crippen LogP contribution in [-0.4, -0.2) is 33.1 Å². The van der Waals surface area contributed by atoms with Crippen LogP contribution in [0, 0.1) is 11.8 Å². The van der Waals surface area contributed by atoms with Gasteiger partial charge in [0.05, 0.1) is 5.92 Å². The summed E-state index contributed by atoms with van der Waals surface area (Å²) in [5.41, 5.74) is 0.226. The number of carboxylic acids is 1. The summed E-state index contributed by atoms with van der Waals surface area (Å²) < 4.78 is 3.57. The Labute approximate surface area is 103 Å². The number of carbonyl (C=O) groups excluding carboxylic acids is 1. The zero-order valence-electron chi connectivity index (χ0n) is 9.71. The van der Waals surface area contributed by atoms with E-state index in [0.29, 0.717) is 6.42 Å². The van der Waals surface area contributed by atoms with E-state index in [0.717, 1.165) is 11.5 Å². The van der Waals surface area contributed by atoms with Crippen LogP contribution in [0.1, 0.15) is 30.8 Å². The zero-order chi connectivity index (χ0) is 12.8. The molecular weight excluding hydrogens is 242 g/mol. The lowest BCUT2D eigenvalue weighted by Gasteiger charge is -2.14. The molecule has 0 aliphatic carbocycles. The monoisotopic (exact) mass is 257 g/mol. The van der Waals surface area contributed by atoms with E-state index in [9.17, 15) is 9.59 Å². The first kappa shape index (κ1) is 13.6. The standard InChI is InChI=1S/C10H15N3O3S/c1-6(2)3-7(10(15)16)4-11-9(14)8-5-17-13-12-8/h5-7H,3-4H2,1-2H3,(H,11,14)(H,15,16). The number of aliphatic carboxylic acids is 1. The first-order valence-electron chi connectivity index (χ1n) is 5.28. The van der Waals surface area contributed by atoms with Crippen LogP contribution in [0.5, 0.6) is 0 Å². The Morgan fingerprint density at radius 2 is 2.24 bits per heavy atom. The fourth-order valence-corrected chi connectivity index (χ4v) is 1.85. The van der Waals surface area contributed by atoms with Crippen molar-refractivity contribution in [2.75, 3.05) is 6.54 Å². The number of rotatable bonds is 6. The molecule has 1 amide bonds. The molecule has 94 valence electrons. The molecule has 1 heterocycles. The maximum absolute atomic E-state index is 11.5. The molecule has 1 aromatic rings. The maximum Gasteiger partial charge on any atom is 0.308 e. The van der Waals surface area contributed by atoms with E-state index < -0.39 is 11.9 Å². The van der Waals surface area contributed by atoms with E-state index in [-0.39, 0.29) is 24.1 Å². The van der Waals surface area contributed by atoms with Gasteiger partial charge in [0.1, 0.15) is 0 Å². The van der Waals surface area contributed by atoms with Crippen molar-refractivity contribution in [3.05, 3.63) is 11.1 Å². The summed E-state index contributed by atoms with van der Waals surface area (Å²) in [6, 6.07) is 0. The number of nitrogens with one attached hydrogen (secondary N) is 1. The highest BCUT2D eigenvalue weighted by molar-refractivity contribution is 7.03. The van der Waals surface area contributed by atoms with Gasteiger partial charge in [-0.05, 0) is 23.9 Å². The second-order valence-corrected chi connectivity index (χ2v) is 4.77. The fourth-order valence-electron chi connectivity index (χ4n) is 1.41. The van der Waals surface area contributed by atoms with Gasteiger partial charge in [-0.25, -0.2) is 0 Å². The molecule has 0 aliphatic rings. The van der Waals surface area contributed by atoms with E-state index in [1.54, 1.807) is 0 Å². The smallest absolute Gasteiger partial charge is 0.308 e. The fraction of sp³-hybridized carbons (Fsp3) is 0.600. The van der Waals surface area contributed by atoms with Crippen molar-refractivity contribution in [3.8, 4) is 0 Å². The number of carboxylic acid groups (broad SMARTS) is 1. The molecule has 0 aliphatic heterocycles. The third-order valence-electron chi connectivity index (χ3n) is 2.21. The normalized spacial score (nSPS) is 12.4. The summed E-state index contributed by atoms with van der Waals surface area (Å²) in [6.45, 7) is 4.01. The van der Waals surface area contributed by atoms with Gasteiger partial charge in [0.2, 0.25) is 0 Å². The minimum Gasteiger partial charge on any atom is -0.481 e. The second-order valence-electron chi connectivity index (χ2n) is 4.16. The summed E-state index contributed by atoms with van der Waals surface area (Å²) in [6.07, 6.45) is 0.533. The first-order chi connectivity index (χ1) is 8.00. The number of carbonyl (C=O) groups is 2. The zero-order valence-corrected chi connectivity index (χ0v) is 10.5. The Hall–Kier alpha value is -1.50. The predicted octanol–water partition coefficient (Wildman–Crippen LogP) is 1.01. The molecule has 0 bridgehead atoms. The molecule has 0 radical (unpaired) electrons. The lowest BCUT2D eigenvalue weighted by Crippen LogP contribution is -2.33. The Bertz CT molecular complexity index is 378. The van der Waals surface area contributed by atoms with Crippen molar-refractivity contribution in [2.45, 2.75) is 20.3 Å². The minimum absolute atomic E-state index is 0.115. The minimum atomic E-state index is -0.893. The molecule has 1 rings (SSSR count). The Balaban J connectivity index is 2.47. The first-order valence-corrected chi connectivity index (χ1v) is 6.12. The van der Waals surface area contributed by atoms with E-state index >= 15 is 0 Å². The maximum atomic E-state index is 11.5. The molecule has 7 heteroatoms. The summed E-state index contributed by atoms with van der Waals surface area (Å²) in [7, 11) is 0. The number of amides is 1. The predicted molar refractivity (Wildman–Crippen MR) is 62.8 cm³/mol.